The Morgan fingerprint density at radius 3 is 2.69 bits per heavy atom. The number of benzene rings is 1. The zero-order valence-electron chi connectivity index (χ0n) is 14.7. The fourth-order valence-corrected chi connectivity index (χ4v) is 5.83. The Bertz CT molecular complexity index is 918. The molecule has 6 nitrogen and oxygen atoms in total. The quantitative estimate of drug-likeness (QED) is 0.756. The summed E-state index contributed by atoms with van der Waals surface area (Å²) in [4.78, 5) is 13.6. The van der Waals surface area contributed by atoms with Gasteiger partial charge in [0.05, 0.1) is 19.3 Å². The molecule has 1 N–H and O–H groups in total. The molecule has 0 fully saturated rings. The van der Waals surface area contributed by atoms with E-state index in [1.807, 2.05) is 0 Å². The smallest absolute Gasteiger partial charge is 0.341 e. The summed E-state index contributed by atoms with van der Waals surface area (Å²) in [7, 11) is -2.48. The molecule has 26 heavy (non-hydrogen) atoms. The van der Waals surface area contributed by atoms with E-state index in [1.165, 1.54) is 24.5 Å². The van der Waals surface area contributed by atoms with Gasteiger partial charge in [-0.25, -0.2) is 13.2 Å². The molecule has 0 saturated carbocycles. The van der Waals surface area contributed by atoms with Crippen molar-refractivity contribution in [2.24, 2.45) is 0 Å². The summed E-state index contributed by atoms with van der Waals surface area (Å²) in [5.74, 6) is -0.233. The molecule has 140 valence electrons. The number of esters is 1. The number of carbonyl (C=O) groups is 1. The molecule has 0 spiro atoms. The molecular weight excluding hydrogens is 374 g/mol. The minimum Gasteiger partial charge on any atom is -0.495 e. The summed E-state index contributed by atoms with van der Waals surface area (Å²) in [6.07, 6.45) is 3.63. The van der Waals surface area contributed by atoms with Crippen molar-refractivity contribution in [1.82, 2.24) is 0 Å². The minimum atomic E-state index is -3.90. The van der Waals surface area contributed by atoms with Crippen LogP contribution in [0.4, 0.5) is 5.00 Å². The highest BCUT2D eigenvalue weighted by molar-refractivity contribution is 7.93. The van der Waals surface area contributed by atoms with E-state index in [4.69, 9.17) is 9.47 Å². The van der Waals surface area contributed by atoms with Crippen molar-refractivity contribution in [1.29, 1.82) is 0 Å². The molecule has 0 aliphatic heterocycles. The molecule has 0 bridgehead atoms. The number of rotatable bonds is 6. The van der Waals surface area contributed by atoms with Gasteiger partial charge < -0.3 is 9.47 Å². The Balaban J connectivity index is 2.04. The van der Waals surface area contributed by atoms with Gasteiger partial charge in [0, 0.05) is 4.88 Å². The van der Waals surface area contributed by atoms with Crippen LogP contribution in [0, 0.1) is 0 Å². The van der Waals surface area contributed by atoms with Crippen molar-refractivity contribution in [3.05, 3.63) is 40.3 Å². The molecule has 2 aromatic rings. The van der Waals surface area contributed by atoms with E-state index < -0.39 is 16.0 Å². The maximum absolute atomic E-state index is 12.9. The zero-order chi connectivity index (χ0) is 18.7. The summed E-state index contributed by atoms with van der Waals surface area (Å²) < 4.78 is 38.7. The van der Waals surface area contributed by atoms with Crippen LogP contribution < -0.4 is 9.46 Å². The van der Waals surface area contributed by atoms with E-state index in [-0.39, 0.29) is 17.3 Å². The van der Waals surface area contributed by atoms with Crippen molar-refractivity contribution in [2.75, 3.05) is 18.4 Å². The van der Waals surface area contributed by atoms with Gasteiger partial charge >= 0.3 is 5.97 Å². The van der Waals surface area contributed by atoms with Gasteiger partial charge in [0.15, 0.2) is 0 Å². The standard InChI is InChI=1S/C18H21NO5S2/c1-3-24-18(20)16-12-8-4-6-10-14(12)25-17(16)19-26(21,22)15-11-7-5-9-13(15)23-2/h5,7,9,11,19H,3-4,6,8,10H2,1-2H3. The van der Waals surface area contributed by atoms with Gasteiger partial charge in [-0.05, 0) is 50.3 Å². The molecule has 0 unspecified atom stereocenters. The van der Waals surface area contributed by atoms with Crippen molar-refractivity contribution in [2.45, 2.75) is 37.5 Å². The fraction of sp³-hybridized carbons (Fsp3) is 0.389. The van der Waals surface area contributed by atoms with Gasteiger partial charge in [0.25, 0.3) is 10.0 Å². The second kappa shape index (κ2) is 7.67. The third kappa shape index (κ3) is 3.57. The van der Waals surface area contributed by atoms with Crippen LogP contribution in [-0.2, 0) is 27.6 Å². The SMILES string of the molecule is CCOC(=O)c1c(NS(=O)(=O)c2ccccc2OC)sc2c1CCCC2. The highest BCUT2D eigenvalue weighted by atomic mass is 32.2. The molecule has 3 rings (SSSR count). The largest absolute Gasteiger partial charge is 0.495 e. The lowest BCUT2D eigenvalue weighted by atomic mass is 9.95. The molecule has 1 aromatic carbocycles. The van der Waals surface area contributed by atoms with Crippen LogP contribution in [0.1, 0.15) is 40.6 Å². The molecule has 0 radical (unpaired) electrons. The lowest BCUT2D eigenvalue weighted by Crippen LogP contribution is -2.17. The predicted molar refractivity (Wildman–Crippen MR) is 101 cm³/mol. The number of hydrogen-bond acceptors (Lipinski definition) is 6. The number of fused-ring (bicyclic) bond motifs is 1. The van der Waals surface area contributed by atoms with Gasteiger partial charge in [-0.1, -0.05) is 12.1 Å². The molecule has 1 aliphatic rings. The summed E-state index contributed by atoms with van der Waals surface area (Å²) in [5.41, 5.74) is 1.27. The highest BCUT2D eigenvalue weighted by Gasteiger charge is 2.29. The Labute approximate surface area is 157 Å². The summed E-state index contributed by atoms with van der Waals surface area (Å²) in [6.45, 7) is 1.97. The number of ether oxygens (including phenoxy) is 2. The zero-order valence-corrected chi connectivity index (χ0v) is 16.3. The summed E-state index contributed by atoms with van der Waals surface area (Å²) >= 11 is 1.32. The van der Waals surface area contributed by atoms with Crippen LogP contribution in [0.2, 0.25) is 0 Å². The van der Waals surface area contributed by atoms with Gasteiger partial charge in [-0.15, -0.1) is 11.3 Å². The fourth-order valence-electron chi connectivity index (χ4n) is 3.07. The number of thiophene rings is 1. The van der Waals surface area contributed by atoms with Gasteiger partial charge in [-0.2, -0.15) is 0 Å². The minimum absolute atomic E-state index is 0.0312. The third-order valence-corrected chi connectivity index (χ3v) is 6.96. The molecule has 0 atom stereocenters. The average Bonchev–Trinajstić information content (AvgIpc) is 2.99. The predicted octanol–water partition coefficient (Wildman–Crippen LogP) is 3.61. The monoisotopic (exact) mass is 395 g/mol. The molecule has 1 heterocycles. The molecule has 0 saturated heterocycles. The van der Waals surface area contributed by atoms with E-state index in [0.29, 0.717) is 10.6 Å². The number of hydrogen-bond donors (Lipinski definition) is 1. The Hall–Kier alpha value is -2.06. The van der Waals surface area contributed by atoms with Crippen LogP contribution in [0.3, 0.4) is 0 Å². The van der Waals surface area contributed by atoms with Crippen molar-refractivity contribution < 1.29 is 22.7 Å². The highest BCUT2D eigenvalue weighted by Crippen LogP contribution is 2.40. The topological polar surface area (TPSA) is 81.7 Å². The van der Waals surface area contributed by atoms with Crippen LogP contribution in [0.15, 0.2) is 29.2 Å². The van der Waals surface area contributed by atoms with Crippen LogP contribution >= 0.6 is 11.3 Å². The number of sulfonamides is 1. The average molecular weight is 396 g/mol. The van der Waals surface area contributed by atoms with E-state index in [1.54, 1.807) is 25.1 Å². The second-order valence-electron chi connectivity index (χ2n) is 5.89. The number of carbonyl (C=O) groups excluding carboxylic acids is 1. The molecule has 1 aliphatic carbocycles. The summed E-state index contributed by atoms with van der Waals surface area (Å²) in [5, 5.41) is 0.321. The van der Waals surface area contributed by atoms with Gasteiger partial charge in [0.1, 0.15) is 15.6 Å². The van der Waals surface area contributed by atoms with Gasteiger partial charge in [0.2, 0.25) is 0 Å². The van der Waals surface area contributed by atoms with Crippen LogP contribution in [0.5, 0.6) is 5.75 Å². The van der Waals surface area contributed by atoms with Crippen LogP contribution in [0.25, 0.3) is 0 Å². The number of aryl methyl sites for hydroxylation is 1. The normalized spacial score (nSPS) is 13.8. The van der Waals surface area contributed by atoms with Crippen molar-refractivity contribution in [3.8, 4) is 5.75 Å². The van der Waals surface area contributed by atoms with E-state index in [2.05, 4.69) is 4.72 Å². The van der Waals surface area contributed by atoms with Crippen LogP contribution in [-0.4, -0.2) is 28.1 Å². The number of anilines is 1. The van der Waals surface area contributed by atoms with Crippen molar-refractivity contribution in [3.63, 3.8) is 0 Å². The first-order valence-corrected chi connectivity index (χ1v) is 10.8. The van der Waals surface area contributed by atoms with E-state index in [9.17, 15) is 13.2 Å². The Kier molecular flexibility index (Phi) is 5.52. The maximum Gasteiger partial charge on any atom is 0.341 e. The maximum atomic E-state index is 12.9. The molecular formula is C18H21NO5S2. The first-order valence-electron chi connectivity index (χ1n) is 8.45. The molecule has 8 heteroatoms. The lowest BCUT2D eigenvalue weighted by molar-refractivity contribution is 0.0526. The first kappa shape index (κ1) is 18.7. The number of methoxy groups -OCH3 is 1. The van der Waals surface area contributed by atoms with E-state index >= 15 is 0 Å². The van der Waals surface area contributed by atoms with Gasteiger partial charge in [-0.3, -0.25) is 4.72 Å². The second-order valence-corrected chi connectivity index (χ2v) is 8.65. The van der Waals surface area contributed by atoms with E-state index in [0.717, 1.165) is 36.1 Å². The molecule has 1 aromatic heterocycles. The third-order valence-electron chi connectivity index (χ3n) is 4.24. The van der Waals surface area contributed by atoms with Crippen molar-refractivity contribution >= 4 is 32.3 Å². The number of nitrogens with one attached hydrogen (secondary N) is 1. The Morgan fingerprint density at radius 1 is 1.23 bits per heavy atom. The number of para-hydroxylation sites is 1. The summed E-state index contributed by atoms with van der Waals surface area (Å²) in [6, 6.07) is 6.38. The Morgan fingerprint density at radius 2 is 1.96 bits per heavy atom. The first-order chi connectivity index (χ1) is 12.5. The lowest BCUT2D eigenvalue weighted by Gasteiger charge is -2.13. The molecule has 0 amide bonds.